The van der Waals surface area contributed by atoms with Crippen molar-refractivity contribution in [1.82, 2.24) is 9.80 Å². The van der Waals surface area contributed by atoms with Crippen molar-refractivity contribution in [2.45, 2.75) is 32.4 Å². The van der Waals surface area contributed by atoms with Gasteiger partial charge in [-0.1, -0.05) is 6.92 Å². The predicted molar refractivity (Wildman–Crippen MR) is 59.9 cm³/mol. The van der Waals surface area contributed by atoms with Gasteiger partial charge < -0.3 is 10.0 Å². The van der Waals surface area contributed by atoms with Crippen molar-refractivity contribution in [2.75, 3.05) is 27.2 Å². The van der Waals surface area contributed by atoms with Crippen molar-refractivity contribution in [3.63, 3.8) is 0 Å². The Morgan fingerprint density at radius 2 is 2.13 bits per heavy atom. The van der Waals surface area contributed by atoms with E-state index in [2.05, 4.69) is 30.8 Å². The summed E-state index contributed by atoms with van der Waals surface area (Å²) >= 11 is 0. The normalized spacial score (nSPS) is 30.5. The molecule has 0 spiro atoms. The summed E-state index contributed by atoms with van der Waals surface area (Å²) in [5.41, 5.74) is 0. The zero-order valence-electron chi connectivity index (χ0n) is 10.1. The number of likely N-dealkylation sites (tertiary alicyclic amines) is 1. The lowest BCUT2D eigenvalue weighted by Crippen LogP contribution is -2.52. The summed E-state index contributed by atoms with van der Waals surface area (Å²) < 4.78 is 0. The number of rotatable bonds is 3. The molecule has 0 aromatic heterocycles. The predicted octanol–water partition coefficient (Wildman–Crippen LogP) is 0.731. The number of hydrogen-bond acceptors (Lipinski definition) is 3. The smallest absolute Gasteiger partial charge is 0.320 e. The first-order valence-corrected chi connectivity index (χ1v) is 5.56. The Morgan fingerprint density at radius 1 is 1.53 bits per heavy atom. The van der Waals surface area contributed by atoms with Gasteiger partial charge in [-0.25, -0.2) is 0 Å². The van der Waals surface area contributed by atoms with Crippen LogP contribution in [0.4, 0.5) is 0 Å². The van der Waals surface area contributed by atoms with Crippen molar-refractivity contribution in [3.05, 3.63) is 0 Å². The molecule has 1 aliphatic heterocycles. The monoisotopic (exact) mass is 214 g/mol. The van der Waals surface area contributed by atoms with Crippen molar-refractivity contribution in [1.29, 1.82) is 0 Å². The summed E-state index contributed by atoms with van der Waals surface area (Å²) in [7, 11) is 4.19. The quantitative estimate of drug-likeness (QED) is 0.752. The van der Waals surface area contributed by atoms with Crippen LogP contribution in [-0.4, -0.2) is 60.1 Å². The molecule has 88 valence electrons. The van der Waals surface area contributed by atoms with Gasteiger partial charge in [0.25, 0.3) is 0 Å². The molecule has 0 bridgehead atoms. The Kier molecular flexibility index (Phi) is 4.11. The molecule has 4 heteroatoms. The Morgan fingerprint density at radius 3 is 2.53 bits per heavy atom. The standard InChI is InChI=1S/C11H22N2O2/c1-8-7-13(9(2)11(14)15)6-5-10(8)12(3)4/h8-10H,5-7H2,1-4H3,(H,14,15). The number of aliphatic carboxylic acids is 1. The fourth-order valence-electron chi connectivity index (χ4n) is 2.44. The maximum absolute atomic E-state index is 10.9. The SMILES string of the molecule is CC1CN(C(C)C(=O)O)CCC1N(C)C. The molecule has 1 fully saturated rings. The van der Waals surface area contributed by atoms with E-state index >= 15 is 0 Å². The first-order valence-electron chi connectivity index (χ1n) is 5.56. The molecule has 1 N–H and O–H groups in total. The summed E-state index contributed by atoms with van der Waals surface area (Å²) in [5.74, 6) is -0.180. The van der Waals surface area contributed by atoms with Gasteiger partial charge in [-0.3, -0.25) is 9.69 Å². The second-order valence-electron chi connectivity index (χ2n) is 4.81. The van der Waals surface area contributed by atoms with Crippen LogP contribution >= 0.6 is 0 Å². The van der Waals surface area contributed by atoms with Crippen LogP contribution in [0.25, 0.3) is 0 Å². The van der Waals surface area contributed by atoms with Crippen LogP contribution in [0.3, 0.4) is 0 Å². The minimum atomic E-state index is -0.717. The Balaban J connectivity index is 2.54. The van der Waals surface area contributed by atoms with E-state index in [4.69, 9.17) is 5.11 Å². The van der Waals surface area contributed by atoms with Crippen LogP contribution in [0.15, 0.2) is 0 Å². The van der Waals surface area contributed by atoms with Crippen molar-refractivity contribution in [3.8, 4) is 0 Å². The Hall–Kier alpha value is -0.610. The lowest BCUT2D eigenvalue weighted by molar-refractivity contribution is -0.143. The average Bonchev–Trinajstić information content (AvgIpc) is 2.15. The molecule has 1 rings (SSSR count). The molecule has 3 unspecified atom stereocenters. The molecule has 0 aliphatic carbocycles. The highest BCUT2D eigenvalue weighted by atomic mass is 16.4. The summed E-state index contributed by atoms with van der Waals surface area (Å²) in [5, 5.41) is 8.94. The van der Waals surface area contributed by atoms with Gasteiger partial charge in [0.15, 0.2) is 0 Å². The first-order chi connectivity index (χ1) is 6.93. The van der Waals surface area contributed by atoms with E-state index in [-0.39, 0.29) is 6.04 Å². The molecule has 0 saturated carbocycles. The number of carboxylic acids is 1. The first kappa shape index (κ1) is 12.5. The summed E-state index contributed by atoms with van der Waals surface area (Å²) in [6.07, 6.45) is 1.06. The third-order valence-corrected chi connectivity index (χ3v) is 3.46. The summed E-state index contributed by atoms with van der Waals surface area (Å²) in [4.78, 5) is 15.2. The zero-order chi connectivity index (χ0) is 11.6. The van der Waals surface area contributed by atoms with E-state index in [1.54, 1.807) is 6.92 Å². The molecule has 0 amide bonds. The van der Waals surface area contributed by atoms with Crippen LogP contribution in [-0.2, 0) is 4.79 Å². The highest BCUT2D eigenvalue weighted by Gasteiger charge is 2.31. The fourth-order valence-corrected chi connectivity index (χ4v) is 2.44. The van der Waals surface area contributed by atoms with Crippen molar-refractivity contribution >= 4 is 5.97 Å². The van der Waals surface area contributed by atoms with Crippen molar-refractivity contribution < 1.29 is 9.90 Å². The molecule has 4 nitrogen and oxygen atoms in total. The van der Waals surface area contributed by atoms with Crippen LogP contribution in [0, 0.1) is 5.92 Å². The van der Waals surface area contributed by atoms with E-state index in [9.17, 15) is 4.79 Å². The van der Waals surface area contributed by atoms with Crippen LogP contribution in [0.5, 0.6) is 0 Å². The lowest BCUT2D eigenvalue weighted by atomic mass is 9.92. The molecule has 1 heterocycles. The van der Waals surface area contributed by atoms with Crippen LogP contribution < -0.4 is 0 Å². The van der Waals surface area contributed by atoms with E-state index < -0.39 is 5.97 Å². The molecular formula is C11H22N2O2. The summed E-state index contributed by atoms with van der Waals surface area (Å²) in [6, 6.07) is 0.234. The molecule has 15 heavy (non-hydrogen) atoms. The topological polar surface area (TPSA) is 43.8 Å². The van der Waals surface area contributed by atoms with Gasteiger partial charge in [0.1, 0.15) is 6.04 Å². The third kappa shape index (κ3) is 2.92. The maximum atomic E-state index is 10.9. The van der Waals surface area contributed by atoms with Gasteiger partial charge in [-0.15, -0.1) is 0 Å². The minimum Gasteiger partial charge on any atom is -0.480 e. The molecular weight excluding hydrogens is 192 g/mol. The average molecular weight is 214 g/mol. The van der Waals surface area contributed by atoms with E-state index in [0.717, 1.165) is 19.5 Å². The third-order valence-electron chi connectivity index (χ3n) is 3.46. The van der Waals surface area contributed by atoms with Gasteiger partial charge in [0.2, 0.25) is 0 Å². The van der Waals surface area contributed by atoms with Gasteiger partial charge in [-0.05, 0) is 33.4 Å². The lowest BCUT2D eigenvalue weighted by Gasteiger charge is -2.41. The Bertz CT molecular complexity index is 231. The van der Waals surface area contributed by atoms with Gasteiger partial charge in [-0.2, -0.15) is 0 Å². The molecule has 0 aromatic rings. The molecule has 0 radical (unpaired) electrons. The second-order valence-corrected chi connectivity index (χ2v) is 4.81. The minimum absolute atomic E-state index is 0.351. The van der Waals surface area contributed by atoms with Gasteiger partial charge in [0, 0.05) is 19.1 Å². The van der Waals surface area contributed by atoms with Crippen LogP contribution in [0.2, 0.25) is 0 Å². The highest BCUT2D eigenvalue weighted by Crippen LogP contribution is 2.21. The molecule has 1 saturated heterocycles. The highest BCUT2D eigenvalue weighted by molar-refractivity contribution is 5.72. The van der Waals surface area contributed by atoms with Gasteiger partial charge in [0.05, 0.1) is 0 Å². The van der Waals surface area contributed by atoms with Gasteiger partial charge >= 0.3 is 5.97 Å². The molecule has 1 aliphatic rings. The maximum Gasteiger partial charge on any atom is 0.320 e. The van der Waals surface area contributed by atoms with E-state index in [0.29, 0.717) is 12.0 Å². The Labute approximate surface area is 91.9 Å². The largest absolute Gasteiger partial charge is 0.480 e. The fraction of sp³-hybridized carbons (Fsp3) is 0.909. The number of piperidine rings is 1. The molecule has 3 atom stereocenters. The van der Waals surface area contributed by atoms with Crippen molar-refractivity contribution in [2.24, 2.45) is 5.92 Å². The second kappa shape index (κ2) is 4.94. The number of carbonyl (C=O) groups is 1. The van der Waals surface area contributed by atoms with Crippen LogP contribution in [0.1, 0.15) is 20.3 Å². The number of hydrogen-bond donors (Lipinski definition) is 1. The van der Waals surface area contributed by atoms with E-state index in [1.165, 1.54) is 0 Å². The summed E-state index contributed by atoms with van der Waals surface area (Å²) in [6.45, 7) is 5.74. The molecule has 0 aromatic carbocycles. The number of carboxylic acid groups (broad SMARTS) is 1. The number of nitrogens with zero attached hydrogens (tertiary/aromatic N) is 2. The van der Waals surface area contributed by atoms with E-state index in [1.807, 2.05) is 0 Å². The zero-order valence-corrected chi connectivity index (χ0v) is 10.1.